The highest BCUT2D eigenvalue weighted by molar-refractivity contribution is 7.89. The summed E-state index contributed by atoms with van der Waals surface area (Å²) in [5.41, 5.74) is 0. The molecule has 1 aromatic carbocycles. The van der Waals surface area contributed by atoms with Crippen LogP contribution in [0.2, 0.25) is 0 Å². The van der Waals surface area contributed by atoms with Crippen LogP contribution in [-0.4, -0.2) is 33.3 Å². The Kier molecular flexibility index (Phi) is 7.58. The fourth-order valence-electron chi connectivity index (χ4n) is 1.58. The van der Waals surface area contributed by atoms with Crippen molar-refractivity contribution in [3.05, 3.63) is 24.3 Å². The van der Waals surface area contributed by atoms with Crippen LogP contribution in [0, 0.1) is 0 Å². The summed E-state index contributed by atoms with van der Waals surface area (Å²) < 4.78 is 31.9. The summed E-state index contributed by atoms with van der Waals surface area (Å²) in [4.78, 5) is 0.226. The zero-order chi connectivity index (χ0) is 14.8. The Morgan fingerprint density at radius 3 is 2.45 bits per heavy atom. The van der Waals surface area contributed by atoms with Gasteiger partial charge in [-0.3, -0.25) is 0 Å². The summed E-state index contributed by atoms with van der Waals surface area (Å²) in [6.45, 7) is 3.13. The van der Waals surface area contributed by atoms with E-state index in [0.29, 0.717) is 31.7 Å². The smallest absolute Gasteiger partial charge is 0.240 e. The standard InChI is InChI=1S/C14H23NO4S/c1-2-3-12-19-13-6-8-14(9-7-13)20(17,18)15-10-4-5-11-16/h6-9,15-16H,2-5,10-12H2,1H3. The number of unbranched alkanes of at least 4 members (excludes halogenated alkanes) is 2. The van der Waals surface area contributed by atoms with E-state index in [0.717, 1.165) is 12.8 Å². The Morgan fingerprint density at radius 2 is 1.85 bits per heavy atom. The number of hydrogen-bond donors (Lipinski definition) is 2. The lowest BCUT2D eigenvalue weighted by Gasteiger charge is -2.08. The molecule has 0 bridgehead atoms. The summed E-state index contributed by atoms with van der Waals surface area (Å²) in [6.07, 6.45) is 3.25. The normalized spacial score (nSPS) is 11.5. The van der Waals surface area contributed by atoms with E-state index in [1.807, 2.05) is 0 Å². The van der Waals surface area contributed by atoms with Crippen molar-refractivity contribution in [3.8, 4) is 5.75 Å². The van der Waals surface area contributed by atoms with E-state index in [1.54, 1.807) is 12.1 Å². The monoisotopic (exact) mass is 301 g/mol. The zero-order valence-electron chi connectivity index (χ0n) is 11.8. The molecule has 0 amide bonds. The summed E-state index contributed by atoms with van der Waals surface area (Å²) in [7, 11) is -3.47. The lowest BCUT2D eigenvalue weighted by Crippen LogP contribution is -2.24. The largest absolute Gasteiger partial charge is 0.494 e. The molecule has 0 aliphatic rings. The van der Waals surface area contributed by atoms with Crippen LogP contribution < -0.4 is 9.46 Å². The first-order chi connectivity index (χ1) is 9.60. The fourth-order valence-corrected chi connectivity index (χ4v) is 2.65. The Balaban J connectivity index is 2.53. The van der Waals surface area contributed by atoms with Gasteiger partial charge in [-0.15, -0.1) is 0 Å². The summed E-state index contributed by atoms with van der Waals surface area (Å²) in [5, 5.41) is 8.64. The molecule has 0 aliphatic carbocycles. The van der Waals surface area contributed by atoms with Crippen molar-refractivity contribution in [3.63, 3.8) is 0 Å². The molecule has 6 heteroatoms. The van der Waals surface area contributed by atoms with Gasteiger partial charge in [-0.1, -0.05) is 13.3 Å². The third-order valence-corrected chi connectivity index (χ3v) is 4.25. The molecule has 0 saturated heterocycles. The predicted octanol–water partition coefficient (Wildman–Crippen LogP) is 1.92. The number of aliphatic hydroxyl groups is 1. The maximum absolute atomic E-state index is 12.0. The molecule has 114 valence electrons. The van der Waals surface area contributed by atoms with Gasteiger partial charge < -0.3 is 9.84 Å². The van der Waals surface area contributed by atoms with Gasteiger partial charge in [0, 0.05) is 13.2 Å². The molecule has 0 aromatic heterocycles. The minimum absolute atomic E-state index is 0.0749. The van der Waals surface area contributed by atoms with Gasteiger partial charge >= 0.3 is 0 Å². The van der Waals surface area contributed by atoms with Gasteiger partial charge in [0.1, 0.15) is 5.75 Å². The molecule has 1 aromatic rings. The molecule has 0 saturated carbocycles. The number of hydrogen-bond acceptors (Lipinski definition) is 4. The molecule has 0 spiro atoms. The predicted molar refractivity (Wildman–Crippen MR) is 78.4 cm³/mol. The van der Waals surface area contributed by atoms with E-state index in [9.17, 15) is 8.42 Å². The van der Waals surface area contributed by atoms with E-state index in [4.69, 9.17) is 9.84 Å². The first-order valence-corrected chi connectivity index (χ1v) is 8.42. The minimum atomic E-state index is -3.47. The van der Waals surface area contributed by atoms with Gasteiger partial charge in [-0.25, -0.2) is 13.1 Å². The number of aliphatic hydroxyl groups excluding tert-OH is 1. The van der Waals surface area contributed by atoms with Gasteiger partial charge in [0.25, 0.3) is 0 Å². The first kappa shape index (κ1) is 16.9. The fraction of sp³-hybridized carbons (Fsp3) is 0.571. The van der Waals surface area contributed by atoms with Crippen molar-refractivity contribution >= 4 is 10.0 Å². The zero-order valence-corrected chi connectivity index (χ0v) is 12.7. The lowest BCUT2D eigenvalue weighted by atomic mass is 10.3. The molecule has 0 heterocycles. The van der Waals surface area contributed by atoms with Crippen molar-refractivity contribution in [2.45, 2.75) is 37.5 Å². The van der Waals surface area contributed by atoms with Crippen LogP contribution in [0.1, 0.15) is 32.6 Å². The molecular formula is C14H23NO4S. The second kappa shape index (κ2) is 8.94. The first-order valence-electron chi connectivity index (χ1n) is 6.93. The van der Waals surface area contributed by atoms with Gasteiger partial charge in [-0.05, 0) is 43.5 Å². The van der Waals surface area contributed by atoms with Crippen molar-refractivity contribution < 1.29 is 18.3 Å². The summed E-state index contributed by atoms with van der Waals surface area (Å²) >= 11 is 0. The Hall–Kier alpha value is -1.11. The molecule has 0 aliphatic heterocycles. The molecule has 2 N–H and O–H groups in total. The highest BCUT2D eigenvalue weighted by Crippen LogP contribution is 2.16. The highest BCUT2D eigenvalue weighted by atomic mass is 32.2. The van der Waals surface area contributed by atoms with Crippen molar-refractivity contribution in [2.24, 2.45) is 0 Å². The average molecular weight is 301 g/mol. The third kappa shape index (κ3) is 5.90. The average Bonchev–Trinajstić information content (AvgIpc) is 2.45. The van der Waals surface area contributed by atoms with Crippen LogP contribution in [0.3, 0.4) is 0 Å². The summed E-state index contributed by atoms with van der Waals surface area (Å²) in [5.74, 6) is 0.678. The lowest BCUT2D eigenvalue weighted by molar-refractivity contribution is 0.285. The van der Waals surface area contributed by atoms with Crippen molar-refractivity contribution in [2.75, 3.05) is 19.8 Å². The topological polar surface area (TPSA) is 75.6 Å². The van der Waals surface area contributed by atoms with E-state index in [1.165, 1.54) is 12.1 Å². The van der Waals surface area contributed by atoms with E-state index in [-0.39, 0.29) is 11.5 Å². The van der Waals surface area contributed by atoms with Gasteiger partial charge in [0.05, 0.1) is 11.5 Å². The number of benzene rings is 1. The SMILES string of the molecule is CCCCOc1ccc(S(=O)(=O)NCCCCO)cc1. The molecule has 0 radical (unpaired) electrons. The number of sulfonamides is 1. The quantitative estimate of drug-likeness (QED) is 0.647. The van der Waals surface area contributed by atoms with Gasteiger partial charge in [-0.2, -0.15) is 0 Å². The minimum Gasteiger partial charge on any atom is -0.494 e. The van der Waals surface area contributed by atoms with Crippen molar-refractivity contribution in [1.29, 1.82) is 0 Å². The van der Waals surface area contributed by atoms with E-state index >= 15 is 0 Å². The Bertz CT molecular complexity index is 470. The van der Waals surface area contributed by atoms with Crippen LogP contribution in [-0.2, 0) is 10.0 Å². The van der Waals surface area contributed by atoms with E-state index in [2.05, 4.69) is 11.6 Å². The maximum Gasteiger partial charge on any atom is 0.240 e. The van der Waals surface area contributed by atoms with Gasteiger partial charge in [0.2, 0.25) is 10.0 Å². The second-order valence-corrected chi connectivity index (χ2v) is 6.27. The van der Waals surface area contributed by atoms with Crippen LogP contribution in [0.15, 0.2) is 29.2 Å². The maximum atomic E-state index is 12.0. The molecule has 20 heavy (non-hydrogen) atoms. The number of rotatable bonds is 10. The van der Waals surface area contributed by atoms with Crippen LogP contribution in [0.4, 0.5) is 0 Å². The van der Waals surface area contributed by atoms with Crippen molar-refractivity contribution in [1.82, 2.24) is 4.72 Å². The second-order valence-electron chi connectivity index (χ2n) is 4.50. The van der Waals surface area contributed by atoms with E-state index < -0.39 is 10.0 Å². The third-order valence-electron chi connectivity index (χ3n) is 2.78. The molecular weight excluding hydrogens is 278 g/mol. The Labute approximate surface area is 121 Å². The molecule has 1 rings (SSSR count). The number of nitrogens with one attached hydrogen (secondary N) is 1. The molecule has 5 nitrogen and oxygen atoms in total. The van der Waals surface area contributed by atoms with Crippen LogP contribution in [0.5, 0.6) is 5.75 Å². The van der Waals surface area contributed by atoms with Crippen LogP contribution >= 0.6 is 0 Å². The molecule has 0 atom stereocenters. The molecule has 0 unspecified atom stereocenters. The number of ether oxygens (including phenoxy) is 1. The summed E-state index contributed by atoms with van der Waals surface area (Å²) in [6, 6.07) is 6.40. The van der Waals surface area contributed by atoms with Crippen LogP contribution in [0.25, 0.3) is 0 Å². The highest BCUT2D eigenvalue weighted by Gasteiger charge is 2.12. The Morgan fingerprint density at radius 1 is 1.15 bits per heavy atom. The van der Waals surface area contributed by atoms with Gasteiger partial charge in [0.15, 0.2) is 0 Å². The molecule has 0 fully saturated rings.